The molecule has 2 rings (SSSR count). The SMILES string of the molecule is C[C@@H](CO)N1CCN(c2sccc2[N+](=O)[O-])CC1. The summed E-state index contributed by atoms with van der Waals surface area (Å²) >= 11 is 1.42. The third kappa shape index (κ3) is 2.63. The average Bonchev–Trinajstić information content (AvgIpc) is 2.87. The number of aliphatic hydroxyl groups excluding tert-OH is 1. The molecule has 1 aliphatic rings. The highest BCUT2D eigenvalue weighted by Gasteiger charge is 2.26. The fraction of sp³-hybridized carbons (Fsp3) is 0.636. The molecule has 0 unspecified atom stereocenters. The van der Waals surface area contributed by atoms with Crippen molar-refractivity contribution in [2.75, 3.05) is 37.7 Å². The first-order valence-electron chi connectivity index (χ1n) is 5.95. The molecule has 1 aliphatic heterocycles. The van der Waals surface area contributed by atoms with Crippen LogP contribution in [0.1, 0.15) is 6.92 Å². The summed E-state index contributed by atoms with van der Waals surface area (Å²) in [7, 11) is 0. The molecule has 0 radical (unpaired) electrons. The lowest BCUT2D eigenvalue weighted by atomic mass is 10.2. The van der Waals surface area contributed by atoms with E-state index in [4.69, 9.17) is 5.11 Å². The lowest BCUT2D eigenvalue weighted by Gasteiger charge is -2.37. The van der Waals surface area contributed by atoms with Crippen LogP contribution in [0.3, 0.4) is 0 Å². The first-order valence-corrected chi connectivity index (χ1v) is 6.83. The molecule has 100 valence electrons. The zero-order chi connectivity index (χ0) is 13.1. The molecule has 0 spiro atoms. The maximum atomic E-state index is 10.9. The van der Waals surface area contributed by atoms with Gasteiger partial charge in [-0.2, -0.15) is 0 Å². The maximum absolute atomic E-state index is 10.9. The Labute approximate surface area is 110 Å². The molecule has 1 aromatic rings. The predicted octanol–water partition coefficient (Wildman–Crippen LogP) is 1.16. The molecule has 7 heteroatoms. The highest BCUT2D eigenvalue weighted by Crippen LogP contribution is 2.34. The fourth-order valence-electron chi connectivity index (χ4n) is 2.15. The fourth-order valence-corrected chi connectivity index (χ4v) is 3.07. The van der Waals surface area contributed by atoms with Crippen molar-refractivity contribution in [3.63, 3.8) is 0 Å². The van der Waals surface area contributed by atoms with E-state index in [-0.39, 0.29) is 23.3 Å². The summed E-state index contributed by atoms with van der Waals surface area (Å²) in [5.41, 5.74) is 0.198. The smallest absolute Gasteiger partial charge is 0.303 e. The highest BCUT2D eigenvalue weighted by molar-refractivity contribution is 7.14. The zero-order valence-electron chi connectivity index (χ0n) is 10.3. The van der Waals surface area contributed by atoms with Crippen LogP contribution in [0.2, 0.25) is 0 Å². The van der Waals surface area contributed by atoms with Gasteiger partial charge >= 0.3 is 5.69 Å². The second kappa shape index (κ2) is 5.64. The number of nitro groups is 1. The largest absolute Gasteiger partial charge is 0.395 e. The van der Waals surface area contributed by atoms with Gasteiger partial charge in [-0.15, -0.1) is 11.3 Å². The molecule has 0 saturated carbocycles. The Hall–Kier alpha value is -1.18. The first kappa shape index (κ1) is 13.3. The van der Waals surface area contributed by atoms with Crippen LogP contribution in [0, 0.1) is 10.1 Å². The van der Waals surface area contributed by atoms with Crippen molar-refractivity contribution in [2.24, 2.45) is 0 Å². The van der Waals surface area contributed by atoms with E-state index in [2.05, 4.69) is 9.80 Å². The minimum absolute atomic E-state index is 0.152. The van der Waals surface area contributed by atoms with E-state index in [1.165, 1.54) is 11.3 Å². The Morgan fingerprint density at radius 3 is 2.72 bits per heavy atom. The van der Waals surface area contributed by atoms with E-state index in [9.17, 15) is 10.1 Å². The van der Waals surface area contributed by atoms with Crippen LogP contribution in [0.5, 0.6) is 0 Å². The lowest BCUT2D eigenvalue weighted by molar-refractivity contribution is -0.383. The van der Waals surface area contributed by atoms with Gasteiger partial charge in [-0.1, -0.05) is 0 Å². The zero-order valence-corrected chi connectivity index (χ0v) is 11.1. The Balaban J connectivity index is 2.01. The number of aliphatic hydroxyl groups is 1. The Morgan fingerprint density at radius 2 is 2.17 bits per heavy atom. The molecule has 6 nitrogen and oxygen atoms in total. The van der Waals surface area contributed by atoms with Crippen molar-refractivity contribution < 1.29 is 10.0 Å². The molecule has 18 heavy (non-hydrogen) atoms. The number of anilines is 1. The van der Waals surface area contributed by atoms with Crippen molar-refractivity contribution in [1.29, 1.82) is 0 Å². The molecule has 0 aromatic carbocycles. The third-order valence-electron chi connectivity index (χ3n) is 3.31. The van der Waals surface area contributed by atoms with E-state index in [1.807, 2.05) is 6.92 Å². The summed E-state index contributed by atoms with van der Waals surface area (Å²) in [6, 6.07) is 1.72. The second-order valence-corrected chi connectivity index (χ2v) is 5.32. The Kier molecular flexibility index (Phi) is 4.15. The molecule has 1 fully saturated rings. The summed E-state index contributed by atoms with van der Waals surface area (Å²) in [5.74, 6) is 0. The van der Waals surface area contributed by atoms with Gasteiger partial charge in [-0.3, -0.25) is 15.0 Å². The molecule has 0 aliphatic carbocycles. The number of thiophene rings is 1. The minimum atomic E-state index is -0.325. The van der Waals surface area contributed by atoms with Gasteiger partial charge in [-0.25, -0.2) is 0 Å². The molecular formula is C11H17N3O3S. The van der Waals surface area contributed by atoms with Crippen LogP contribution < -0.4 is 4.90 Å². The summed E-state index contributed by atoms with van der Waals surface area (Å²) in [6.07, 6.45) is 0. The summed E-state index contributed by atoms with van der Waals surface area (Å²) in [4.78, 5) is 14.8. The van der Waals surface area contributed by atoms with Gasteiger partial charge in [0.05, 0.1) is 11.5 Å². The topological polar surface area (TPSA) is 69.8 Å². The van der Waals surface area contributed by atoms with Gasteiger partial charge in [0, 0.05) is 38.3 Å². The molecule has 0 bridgehead atoms. The average molecular weight is 271 g/mol. The Bertz CT molecular complexity index is 415. The number of hydrogen-bond acceptors (Lipinski definition) is 6. The number of nitrogens with zero attached hydrogens (tertiary/aromatic N) is 3. The monoisotopic (exact) mass is 271 g/mol. The van der Waals surface area contributed by atoms with E-state index in [0.717, 1.165) is 31.2 Å². The summed E-state index contributed by atoms with van der Waals surface area (Å²) < 4.78 is 0. The quantitative estimate of drug-likeness (QED) is 0.657. The van der Waals surface area contributed by atoms with E-state index < -0.39 is 0 Å². The molecule has 0 amide bonds. The molecular weight excluding hydrogens is 254 g/mol. The van der Waals surface area contributed by atoms with Crippen molar-refractivity contribution in [2.45, 2.75) is 13.0 Å². The first-order chi connectivity index (χ1) is 8.63. The van der Waals surface area contributed by atoms with Crippen LogP contribution in [0.15, 0.2) is 11.4 Å². The molecule has 1 aromatic heterocycles. The number of piperazine rings is 1. The summed E-state index contributed by atoms with van der Waals surface area (Å²) in [6.45, 7) is 5.34. The number of hydrogen-bond donors (Lipinski definition) is 1. The van der Waals surface area contributed by atoms with Gasteiger partial charge in [0.25, 0.3) is 0 Å². The van der Waals surface area contributed by atoms with Crippen molar-refractivity contribution >= 4 is 22.0 Å². The maximum Gasteiger partial charge on any atom is 0.303 e. The van der Waals surface area contributed by atoms with Gasteiger partial charge in [0.2, 0.25) is 0 Å². The second-order valence-electron chi connectivity index (χ2n) is 4.42. The van der Waals surface area contributed by atoms with E-state index >= 15 is 0 Å². The van der Waals surface area contributed by atoms with Gasteiger partial charge < -0.3 is 10.0 Å². The predicted molar refractivity (Wildman–Crippen MR) is 71.3 cm³/mol. The van der Waals surface area contributed by atoms with Crippen LogP contribution in [-0.4, -0.2) is 53.8 Å². The molecule has 1 N–H and O–H groups in total. The van der Waals surface area contributed by atoms with E-state index in [1.54, 1.807) is 11.4 Å². The molecule has 2 heterocycles. The van der Waals surface area contributed by atoms with E-state index in [0.29, 0.717) is 0 Å². The van der Waals surface area contributed by atoms with Crippen LogP contribution >= 0.6 is 11.3 Å². The molecule has 1 saturated heterocycles. The van der Waals surface area contributed by atoms with Crippen LogP contribution in [0.25, 0.3) is 0 Å². The van der Waals surface area contributed by atoms with Crippen molar-refractivity contribution in [1.82, 2.24) is 4.90 Å². The lowest BCUT2D eigenvalue weighted by Crippen LogP contribution is -2.50. The van der Waals surface area contributed by atoms with Gasteiger partial charge in [0.1, 0.15) is 0 Å². The molecule has 1 atom stereocenters. The van der Waals surface area contributed by atoms with Crippen molar-refractivity contribution in [3.8, 4) is 0 Å². The van der Waals surface area contributed by atoms with Gasteiger partial charge in [0.15, 0.2) is 5.00 Å². The third-order valence-corrected chi connectivity index (χ3v) is 4.27. The normalized spacial score (nSPS) is 18.9. The highest BCUT2D eigenvalue weighted by atomic mass is 32.1. The van der Waals surface area contributed by atoms with Crippen LogP contribution in [-0.2, 0) is 0 Å². The van der Waals surface area contributed by atoms with Crippen molar-refractivity contribution in [3.05, 3.63) is 21.6 Å². The summed E-state index contributed by atoms with van der Waals surface area (Å²) in [5, 5.41) is 22.5. The number of rotatable bonds is 4. The standard InChI is InChI=1S/C11H17N3O3S/c1-9(8-15)12-3-5-13(6-4-12)11-10(14(16)17)2-7-18-11/h2,7,9,15H,3-6,8H2,1H3/t9-/m0/s1. The van der Waals surface area contributed by atoms with Gasteiger partial charge in [-0.05, 0) is 12.3 Å². The minimum Gasteiger partial charge on any atom is -0.395 e. The Morgan fingerprint density at radius 1 is 1.50 bits per heavy atom. The van der Waals surface area contributed by atoms with Crippen LogP contribution in [0.4, 0.5) is 10.7 Å².